The molecule has 1 atom stereocenters. The van der Waals surface area contributed by atoms with Crippen LogP contribution in [0.15, 0.2) is 47.4 Å². The van der Waals surface area contributed by atoms with Crippen LogP contribution in [-0.2, 0) is 24.8 Å². The van der Waals surface area contributed by atoms with Crippen LogP contribution in [0.1, 0.15) is 19.8 Å². The van der Waals surface area contributed by atoms with Crippen LogP contribution in [-0.4, -0.2) is 72.7 Å². The predicted octanol–water partition coefficient (Wildman–Crippen LogP) is 2.48. The minimum atomic E-state index is -3.81. The molecular formula is C23H30ClN3O7S2. The second kappa shape index (κ2) is 11.7. The molecule has 36 heavy (non-hydrogen) atoms. The topological polar surface area (TPSA) is 122 Å². The molecule has 1 amide bonds. The number of sulfonamides is 2. The third kappa shape index (κ3) is 6.61. The Morgan fingerprint density at radius 1 is 1.11 bits per heavy atom. The summed E-state index contributed by atoms with van der Waals surface area (Å²) in [6, 6.07) is 9.50. The number of carbonyl (C=O) groups excluding carboxylic acids is 1. The van der Waals surface area contributed by atoms with Crippen molar-refractivity contribution in [2.24, 2.45) is 0 Å². The van der Waals surface area contributed by atoms with Crippen molar-refractivity contribution in [1.29, 1.82) is 0 Å². The van der Waals surface area contributed by atoms with Crippen LogP contribution >= 0.6 is 11.6 Å². The van der Waals surface area contributed by atoms with Crippen molar-refractivity contribution in [2.45, 2.75) is 30.7 Å². The number of hydrogen-bond donors (Lipinski definition) is 1. The van der Waals surface area contributed by atoms with E-state index in [0.29, 0.717) is 24.6 Å². The van der Waals surface area contributed by atoms with Gasteiger partial charge >= 0.3 is 0 Å². The maximum atomic E-state index is 12.7. The number of halogens is 1. The van der Waals surface area contributed by atoms with Crippen molar-refractivity contribution in [3.8, 4) is 11.5 Å². The van der Waals surface area contributed by atoms with Crippen LogP contribution in [0.25, 0.3) is 0 Å². The largest absolute Gasteiger partial charge is 0.495 e. The summed E-state index contributed by atoms with van der Waals surface area (Å²) >= 11 is 6.14. The number of nitrogens with one attached hydrogen (secondary N) is 1. The van der Waals surface area contributed by atoms with E-state index in [1.54, 1.807) is 12.1 Å². The fourth-order valence-corrected chi connectivity index (χ4v) is 6.81. The quantitative estimate of drug-likeness (QED) is 0.420. The molecule has 1 aliphatic heterocycles. The fourth-order valence-electron chi connectivity index (χ4n) is 3.88. The maximum Gasteiger partial charge on any atom is 0.243 e. The van der Waals surface area contributed by atoms with Crippen LogP contribution in [0.3, 0.4) is 0 Å². The van der Waals surface area contributed by atoms with Gasteiger partial charge in [0.1, 0.15) is 24.1 Å². The maximum absolute atomic E-state index is 12.7. The monoisotopic (exact) mass is 559 g/mol. The van der Waals surface area contributed by atoms with Gasteiger partial charge in [0.25, 0.3) is 0 Å². The Labute approximate surface area is 217 Å². The van der Waals surface area contributed by atoms with Crippen molar-refractivity contribution in [2.75, 3.05) is 43.9 Å². The minimum Gasteiger partial charge on any atom is -0.495 e. The number of rotatable bonds is 11. The number of benzene rings is 2. The lowest BCUT2D eigenvalue weighted by Gasteiger charge is -2.28. The predicted molar refractivity (Wildman–Crippen MR) is 138 cm³/mol. The molecule has 0 aliphatic carbocycles. The van der Waals surface area contributed by atoms with E-state index in [0.717, 1.165) is 23.4 Å². The molecule has 198 valence electrons. The molecule has 0 saturated carbocycles. The fraction of sp³-hybridized carbons (Fsp3) is 0.435. The summed E-state index contributed by atoms with van der Waals surface area (Å²) < 4.78 is 63.2. The van der Waals surface area contributed by atoms with Gasteiger partial charge in [-0.3, -0.25) is 9.10 Å². The van der Waals surface area contributed by atoms with E-state index < -0.39 is 32.0 Å². The third-order valence-corrected chi connectivity index (χ3v) is 9.12. The van der Waals surface area contributed by atoms with Gasteiger partial charge in [0.2, 0.25) is 26.0 Å². The first-order valence-corrected chi connectivity index (χ1v) is 15.0. The van der Waals surface area contributed by atoms with Crippen LogP contribution in [0.4, 0.5) is 5.69 Å². The van der Waals surface area contributed by atoms with E-state index in [1.807, 2.05) is 0 Å². The molecule has 1 aliphatic rings. The van der Waals surface area contributed by atoms with E-state index in [-0.39, 0.29) is 28.8 Å². The minimum absolute atomic E-state index is 0.101. The zero-order valence-electron chi connectivity index (χ0n) is 20.3. The highest BCUT2D eigenvalue weighted by atomic mass is 35.5. The smallest absolute Gasteiger partial charge is 0.243 e. The van der Waals surface area contributed by atoms with Gasteiger partial charge in [0, 0.05) is 13.1 Å². The second-order valence-corrected chi connectivity index (χ2v) is 12.5. The molecule has 0 spiro atoms. The highest BCUT2D eigenvalue weighted by Crippen LogP contribution is 2.31. The number of amides is 1. The van der Waals surface area contributed by atoms with Gasteiger partial charge < -0.3 is 14.8 Å². The number of methoxy groups -OCH3 is 1. The van der Waals surface area contributed by atoms with E-state index >= 15 is 0 Å². The molecule has 1 heterocycles. The summed E-state index contributed by atoms with van der Waals surface area (Å²) in [6.45, 7) is 2.73. The van der Waals surface area contributed by atoms with Gasteiger partial charge in [-0.15, -0.1) is 0 Å². The second-order valence-electron chi connectivity index (χ2n) is 8.28. The van der Waals surface area contributed by atoms with Gasteiger partial charge in [-0.05, 0) is 62.2 Å². The SMILES string of the molecule is COc1ccc(N([C@H](C)C(=O)NCCOc2ccc(S(=O)(=O)N3CCCC3)cc2)S(C)(=O)=O)cc1Cl. The highest BCUT2D eigenvalue weighted by Gasteiger charge is 2.30. The summed E-state index contributed by atoms with van der Waals surface area (Å²) in [5, 5.41) is 2.87. The summed E-state index contributed by atoms with van der Waals surface area (Å²) in [5.74, 6) is 0.302. The first kappa shape index (κ1) is 28.0. The molecule has 0 radical (unpaired) electrons. The van der Waals surface area contributed by atoms with Gasteiger partial charge in [0.05, 0.1) is 35.5 Å². The number of hydrogen-bond acceptors (Lipinski definition) is 7. The number of ether oxygens (including phenoxy) is 2. The molecule has 1 N–H and O–H groups in total. The summed E-state index contributed by atoms with van der Waals surface area (Å²) in [4.78, 5) is 12.9. The van der Waals surface area contributed by atoms with Crippen LogP contribution in [0.2, 0.25) is 5.02 Å². The molecule has 3 rings (SSSR count). The van der Waals surface area contributed by atoms with Crippen LogP contribution in [0.5, 0.6) is 11.5 Å². The lowest BCUT2D eigenvalue weighted by atomic mass is 10.2. The summed E-state index contributed by atoms with van der Waals surface area (Å²) in [6.07, 6.45) is 2.73. The first-order valence-electron chi connectivity index (χ1n) is 11.3. The lowest BCUT2D eigenvalue weighted by Crippen LogP contribution is -2.48. The molecule has 0 unspecified atom stereocenters. The van der Waals surface area contributed by atoms with E-state index in [2.05, 4.69) is 5.32 Å². The standard InChI is InChI=1S/C23H30ClN3O7S2/c1-17(27(35(3,29)30)18-6-11-22(33-2)21(24)16-18)23(28)25-12-15-34-19-7-9-20(10-8-19)36(31,32)26-13-4-5-14-26/h6-11,16-17H,4-5,12-15H2,1-3H3,(H,25,28)/t17-/m1/s1. The van der Waals surface area contributed by atoms with E-state index in [9.17, 15) is 21.6 Å². The van der Waals surface area contributed by atoms with Crippen LogP contribution in [0, 0.1) is 0 Å². The normalized spacial score (nSPS) is 15.3. The molecule has 1 fully saturated rings. The average molecular weight is 560 g/mol. The highest BCUT2D eigenvalue weighted by molar-refractivity contribution is 7.92. The Morgan fingerprint density at radius 2 is 1.75 bits per heavy atom. The van der Waals surface area contributed by atoms with Crippen molar-refractivity contribution >= 4 is 43.2 Å². The first-order chi connectivity index (χ1) is 16.9. The number of carbonyl (C=O) groups is 1. The zero-order valence-corrected chi connectivity index (χ0v) is 22.7. The van der Waals surface area contributed by atoms with Crippen molar-refractivity contribution in [3.63, 3.8) is 0 Å². The van der Waals surface area contributed by atoms with Crippen molar-refractivity contribution in [3.05, 3.63) is 47.5 Å². The van der Waals surface area contributed by atoms with Gasteiger partial charge in [-0.25, -0.2) is 16.8 Å². The molecule has 0 aromatic heterocycles. The van der Waals surface area contributed by atoms with Crippen molar-refractivity contribution in [1.82, 2.24) is 9.62 Å². The number of nitrogens with zero attached hydrogens (tertiary/aromatic N) is 2. The molecule has 1 saturated heterocycles. The molecule has 0 bridgehead atoms. The zero-order chi connectivity index (χ0) is 26.5. The molecule has 13 heteroatoms. The third-order valence-electron chi connectivity index (χ3n) is 5.67. The Morgan fingerprint density at radius 3 is 2.31 bits per heavy atom. The van der Waals surface area contributed by atoms with Crippen molar-refractivity contribution < 1.29 is 31.1 Å². The van der Waals surface area contributed by atoms with Gasteiger partial charge in [0.15, 0.2) is 0 Å². The van der Waals surface area contributed by atoms with E-state index in [4.69, 9.17) is 21.1 Å². The Kier molecular flexibility index (Phi) is 9.09. The lowest BCUT2D eigenvalue weighted by molar-refractivity contribution is -0.121. The molecule has 10 nitrogen and oxygen atoms in total. The summed E-state index contributed by atoms with van der Waals surface area (Å²) in [5.41, 5.74) is 0.228. The summed E-state index contributed by atoms with van der Waals surface area (Å²) in [7, 11) is -5.86. The molecule has 2 aromatic carbocycles. The average Bonchev–Trinajstić information content (AvgIpc) is 3.37. The Hall–Kier alpha value is -2.54. The Balaban J connectivity index is 1.56. The molecule has 2 aromatic rings. The van der Waals surface area contributed by atoms with E-state index in [1.165, 1.54) is 48.7 Å². The number of anilines is 1. The Bertz CT molecular complexity index is 1280. The van der Waals surface area contributed by atoms with Crippen LogP contribution < -0.4 is 19.1 Å². The van der Waals surface area contributed by atoms with Gasteiger partial charge in [-0.1, -0.05) is 11.6 Å². The molecular weight excluding hydrogens is 530 g/mol. The van der Waals surface area contributed by atoms with Gasteiger partial charge in [-0.2, -0.15) is 4.31 Å².